The van der Waals surface area contributed by atoms with Gasteiger partial charge in [0.15, 0.2) is 5.60 Å². The first-order valence-corrected chi connectivity index (χ1v) is 14.2. The number of thiocarbonyl (C=S) groups is 1. The molecule has 4 rings (SSSR count). The maximum atomic E-state index is 13.5. The molecular weight excluding hydrogens is 543 g/mol. The number of sulfonamides is 1. The maximum Gasteiger partial charge on any atom is 0.421 e. The van der Waals surface area contributed by atoms with Crippen molar-refractivity contribution in [1.29, 1.82) is 0 Å². The Kier molecular flexibility index (Phi) is 8.67. The van der Waals surface area contributed by atoms with E-state index in [1.54, 1.807) is 12.2 Å². The second-order valence-electron chi connectivity index (χ2n) is 9.85. The molecule has 210 valence electrons. The first kappa shape index (κ1) is 29.1. The van der Waals surface area contributed by atoms with Gasteiger partial charge in [-0.1, -0.05) is 36.5 Å². The second-order valence-corrected chi connectivity index (χ2v) is 12.2. The third-order valence-electron chi connectivity index (χ3n) is 7.23. The van der Waals surface area contributed by atoms with Gasteiger partial charge in [-0.05, 0) is 30.7 Å². The Morgan fingerprint density at radius 1 is 1.13 bits per heavy atom. The Hall–Kier alpha value is -1.87. The molecular formula is C25H32F3N3O5S2. The Bertz CT molecular complexity index is 1190. The van der Waals surface area contributed by atoms with E-state index >= 15 is 0 Å². The lowest BCUT2D eigenvalue weighted by Gasteiger charge is -2.45. The predicted molar refractivity (Wildman–Crippen MR) is 141 cm³/mol. The van der Waals surface area contributed by atoms with Crippen molar-refractivity contribution >= 4 is 32.8 Å². The largest absolute Gasteiger partial charge is 0.421 e. The third kappa shape index (κ3) is 5.98. The van der Waals surface area contributed by atoms with E-state index in [0.29, 0.717) is 56.7 Å². The molecule has 2 N–H and O–H groups in total. The summed E-state index contributed by atoms with van der Waals surface area (Å²) in [5, 5.41) is 19.6. The summed E-state index contributed by atoms with van der Waals surface area (Å²) in [4.78, 5) is 4.55. The Morgan fingerprint density at radius 3 is 2.47 bits per heavy atom. The Morgan fingerprint density at radius 2 is 1.84 bits per heavy atom. The molecule has 13 heteroatoms. The van der Waals surface area contributed by atoms with Crippen LogP contribution in [-0.4, -0.2) is 104 Å². The number of halogens is 3. The van der Waals surface area contributed by atoms with E-state index in [2.05, 4.69) is 4.90 Å². The van der Waals surface area contributed by atoms with Crippen molar-refractivity contribution in [2.45, 2.75) is 37.3 Å². The number of morpholine rings is 1. The number of piperazine rings is 1. The van der Waals surface area contributed by atoms with Gasteiger partial charge in [0.05, 0.1) is 30.3 Å². The first-order chi connectivity index (χ1) is 17.8. The van der Waals surface area contributed by atoms with Crippen LogP contribution in [-0.2, 0) is 20.4 Å². The summed E-state index contributed by atoms with van der Waals surface area (Å²) in [6, 6.07) is 5.20. The molecule has 2 aliphatic heterocycles. The average Bonchev–Trinajstić information content (AvgIpc) is 2.88. The second kappa shape index (κ2) is 11.3. The van der Waals surface area contributed by atoms with Crippen molar-refractivity contribution in [3.63, 3.8) is 0 Å². The molecule has 2 fully saturated rings. The first-order valence-electron chi connectivity index (χ1n) is 12.4. The minimum absolute atomic E-state index is 0.118. The monoisotopic (exact) mass is 575 g/mol. The van der Waals surface area contributed by atoms with Gasteiger partial charge in [-0.15, -0.1) is 0 Å². The minimum atomic E-state index is -4.83. The van der Waals surface area contributed by atoms with Crippen molar-refractivity contribution in [3.05, 3.63) is 53.0 Å². The summed E-state index contributed by atoms with van der Waals surface area (Å²) in [6.07, 6.45) is 0.200. The summed E-state index contributed by atoms with van der Waals surface area (Å²) in [6.45, 7) is 3.16. The lowest BCUT2D eigenvalue weighted by Crippen LogP contribution is -2.60. The van der Waals surface area contributed by atoms with E-state index in [1.165, 1.54) is 34.6 Å². The lowest BCUT2D eigenvalue weighted by atomic mass is 9.95. The molecule has 0 aromatic heterocycles. The number of aliphatic hydroxyl groups excluding tert-OH is 1. The van der Waals surface area contributed by atoms with Gasteiger partial charge in [0, 0.05) is 56.2 Å². The summed E-state index contributed by atoms with van der Waals surface area (Å²) >= 11 is 5.32. The van der Waals surface area contributed by atoms with E-state index in [9.17, 15) is 31.8 Å². The smallest absolute Gasteiger partial charge is 0.394 e. The number of ether oxygens (including phenoxy) is 1. The zero-order valence-electron chi connectivity index (χ0n) is 21.0. The van der Waals surface area contributed by atoms with Gasteiger partial charge in [-0.3, -0.25) is 4.90 Å². The number of allylic oxidation sites excluding steroid dienone is 4. The highest BCUT2D eigenvalue weighted by atomic mass is 32.2. The average molecular weight is 576 g/mol. The highest BCUT2D eigenvalue weighted by molar-refractivity contribution is 7.96. The predicted octanol–water partition coefficient (Wildman–Crippen LogP) is 2.18. The fraction of sp³-hybridized carbons (Fsp3) is 0.560. The van der Waals surface area contributed by atoms with Crippen LogP contribution in [0.15, 0.2) is 47.4 Å². The van der Waals surface area contributed by atoms with E-state index < -0.39 is 21.8 Å². The Labute approximate surface area is 226 Å². The van der Waals surface area contributed by atoms with Gasteiger partial charge in [0.2, 0.25) is 10.0 Å². The molecule has 1 aliphatic carbocycles. The van der Waals surface area contributed by atoms with Crippen LogP contribution in [0.5, 0.6) is 0 Å². The molecule has 0 bridgehead atoms. The van der Waals surface area contributed by atoms with Crippen LogP contribution < -0.4 is 4.90 Å². The molecule has 2 heterocycles. The van der Waals surface area contributed by atoms with Crippen molar-refractivity contribution in [2.24, 2.45) is 0 Å². The molecule has 0 spiro atoms. The van der Waals surface area contributed by atoms with Crippen LogP contribution in [0.2, 0.25) is 0 Å². The van der Waals surface area contributed by atoms with Crippen LogP contribution >= 0.6 is 12.2 Å². The summed E-state index contributed by atoms with van der Waals surface area (Å²) < 4.78 is 73.9. The maximum absolute atomic E-state index is 13.5. The molecule has 3 aliphatic rings. The normalized spacial score (nSPS) is 25.8. The lowest BCUT2D eigenvalue weighted by molar-refractivity contribution is -0.258. The number of aliphatic hydroxyl groups is 2. The number of anilines is 1. The molecule has 3 atom stereocenters. The van der Waals surface area contributed by atoms with Gasteiger partial charge in [0.1, 0.15) is 0 Å². The fourth-order valence-corrected chi connectivity index (χ4v) is 7.00. The van der Waals surface area contributed by atoms with Crippen LogP contribution in [0.1, 0.15) is 18.9 Å². The number of alkyl halides is 3. The quantitative estimate of drug-likeness (QED) is 0.478. The minimum Gasteiger partial charge on any atom is -0.394 e. The van der Waals surface area contributed by atoms with Gasteiger partial charge >= 0.3 is 6.18 Å². The zero-order valence-corrected chi connectivity index (χ0v) is 22.6. The molecule has 2 saturated heterocycles. The van der Waals surface area contributed by atoms with Gasteiger partial charge in [-0.2, -0.15) is 17.5 Å². The highest BCUT2D eigenvalue weighted by Crippen LogP contribution is 2.39. The number of hydrogen-bond donors (Lipinski definition) is 2. The zero-order chi connectivity index (χ0) is 27.7. The topological polar surface area (TPSA) is 93.6 Å². The van der Waals surface area contributed by atoms with Gasteiger partial charge in [-0.25, -0.2) is 8.42 Å². The molecule has 38 heavy (non-hydrogen) atoms. The van der Waals surface area contributed by atoms with Crippen LogP contribution in [0.4, 0.5) is 18.9 Å². The van der Waals surface area contributed by atoms with E-state index in [-0.39, 0.29) is 42.3 Å². The molecule has 8 nitrogen and oxygen atoms in total. The molecule has 1 aromatic rings. The van der Waals surface area contributed by atoms with Crippen LogP contribution in [0.25, 0.3) is 0 Å². The molecule has 0 amide bonds. The van der Waals surface area contributed by atoms with Gasteiger partial charge in [0.25, 0.3) is 0 Å². The molecule has 3 unspecified atom stereocenters. The Balaban J connectivity index is 1.60. The van der Waals surface area contributed by atoms with Gasteiger partial charge < -0.3 is 19.8 Å². The number of benzene rings is 1. The SMILES string of the molecule is CC(O)(c1ccc(N2CCN(S(=O)(=O)C3=CC=CCC3=S)CC2CN2CCOC(CO)C2)cc1)C(F)(F)F. The number of hydrogen-bond acceptors (Lipinski definition) is 8. The number of nitrogens with zero attached hydrogens (tertiary/aromatic N) is 3. The third-order valence-corrected chi connectivity index (χ3v) is 9.70. The van der Waals surface area contributed by atoms with Crippen molar-refractivity contribution in [3.8, 4) is 0 Å². The summed E-state index contributed by atoms with van der Waals surface area (Å²) in [5.74, 6) is 0. The van der Waals surface area contributed by atoms with Crippen LogP contribution in [0.3, 0.4) is 0 Å². The van der Waals surface area contributed by atoms with E-state index in [4.69, 9.17) is 17.0 Å². The summed E-state index contributed by atoms with van der Waals surface area (Å²) in [7, 11) is -3.84. The van der Waals surface area contributed by atoms with Crippen molar-refractivity contribution in [2.75, 3.05) is 57.4 Å². The van der Waals surface area contributed by atoms with Crippen molar-refractivity contribution in [1.82, 2.24) is 9.21 Å². The van der Waals surface area contributed by atoms with E-state index in [0.717, 1.165) is 0 Å². The highest BCUT2D eigenvalue weighted by Gasteiger charge is 2.51. The van der Waals surface area contributed by atoms with Crippen LogP contribution in [0, 0.1) is 0 Å². The molecule has 1 aromatic carbocycles. The van der Waals surface area contributed by atoms with E-state index in [1.807, 2.05) is 4.90 Å². The standard InChI is InChI=1S/C25H32F3N3O5S2/c1-24(33,25(26,27)28)18-6-8-19(9-7-18)31-11-10-30(38(34,35)23-5-3-2-4-22(23)37)15-20(31)14-29-12-13-36-21(16-29)17-32/h2-3,5-9,20-21,32-33H,4,10-17H2,1H3. The molecule has 0 saturated carbocycles. The fourth-order valence-electron chi connectivity index (χ4n) is 4.93. The molecule has 0 radical (unpaired) electrons. The summed E-state index contributed by atoms with van der Waals surface area (Å²) in [5.41, 5.74) is -2.65. The van der Waals surface area contributed by atoms with Crippen molar-refractivity contribution < 1.29 is 36.5 Å². The number of rotatable bonds is 7.